The number of fused-ring (bicyclic) bond motifs is 1. The van der Waals surface area contributed by atoms with Crippen molar-refractivity contribution in [2.24, 2.45) is 0 Å². The monoisotopic (exact) mass is 235 g/mol. The van der Waals surface area contributed by atoms with Gasteiger partial charge < -0.3 is 0 Å². The third kappa shape index (κ3) is 2.27. The zero-order chi connectivity index (χ0) is 10.8. The second-order valence-corrected chi connectivity index (χ2v) is 5.37. The summed E-state index contributed by atoms with van der Waals surface area (Å²) in [7, 11) is 0. The first-order chi connectivity index (χ1) is 7.16. The van der Waals surface area contributed by atoms with E-state index in [1.807, 2.05) is 24.3 Å². The van der Waals surface area contributed by atoms with Gasteiger partial charge in [-0.1, -0.05) is 18.7 Å². The Morgan fingerprint density at radius 1 is 1.47 bits per heavy atom. The van der Waals surface area contributed by atoms with Crippen LogP contribution >= 0.6 is 23.1 Å². The lowest BCUT2D eigenvalue weighted by Crippen LogP contribution is -1.89. The van der Waals surface area contributed by atoms with Crippen LogP contribution in [-0.4, -0.2) is 10.1 Å². The number of aromatic nitrogens is 1. The summed E-state index contributed by atoms with van der Waals surface area (Å²) in [6.07, 6.45) is 0. The largest absolute Gasteiger partial charge is 0.282 e. The van der Waals surface area contributed by atoms with Crippen LogP contribution in [0, 0.1) is 0 Å². The van der Waals surface area contributed by atoms with Crippen LogP contribution in [0.3, 0.4) is 0 Å². The van der Waals surface area contributed by atoms with E-state index in [1.54, 1.807) is 6.92 Å². The van der Waals surface area contributed by atoms with Crippen molar-refractivity contribution < 1.29 is 4.79 Å². The molecule has 4 heteroatoms. The quantitative estimate of drug-likeness (QED) is 0.589. The molecule has 0 saturated heterocycles. The minimum atomic E-state index is -0.0194. The molecule has 0 saturated carbocycles. The average molecular weight is 235 g/mol. The molecule has 0 aliphatic carbocycles. The Morgan fingerprint density at radius 2 is 2.20 bits per heavy atom. The number of carbonyl (C=O) groups is 1. The summed E-state index contributed by atoms with van der Waals surface area (Å²) in [5.74, 6) is 0. The first kappa shape index (κ1) is 10.4. The van der Waals surface area contributed by atoms with E-state index in [0.717, 1.165) is 26.3 Å². The van der Waals surface area contributed by atoms with Crippen molar-refractivity contribution in [3.8, 4) is 0 Å². The van der Waals surface area contributed by atoms with E-state index in [-0.39, 0.29) is 5.12 Å². The Labute approximate surface area is 96.0 Å². The predicted molar refractivity (Wildman–Crippen MR) is 65.3 cm³/mol. The lowest BCUT2D eigenvalue weighted by atomic mass is 10.3. The lowest BCUT2D eigenvalue weighted by Gasteiger charge is -1.92. The first-order valence-corrected chi connectivity index (χ1v) is 6.03. The van der Waals surface area contributed by atoms with Crippen LogP contribution in [-0.2, 0) is 4.79 Å². The van der Waals surface area contributed by atoms with Gasteiger partial charge in [-0.15, -0.1) is 11.3 Å². The Bertz CT molecular complexity index is 497. The molecule has 0 atom stereocenters. The number of hydrogen-bond donors (Lipinski definition) is 0. The predicted octanol–water partition coefficient (Wildman–Crippen LogP) is 3.49. The third-order valence-electron chi connectivity index (χ3n) is 1.80. The highest BCUT2D eigenvalue weighted by Gasteiger charge is 2.09. The van der Waals surface area contributed by atoms with Gasteiger partial charge in [0.15, 0.2) is 4.34 Å². The molecule has 0 fully saturated rings. The number of nitrogens with zero attached hydrogens (tertiary/aromatic N) is 1. The van der Waals surface area contributed by atoms with E-state index in [2.05, 4.69) is 11.6 Å². The number of benzene rings is 1. The van der Waals surface area contributed by atoms with E-state index < -0.39 is 0 Å². The minimum absolute atomic E-state index is 0.0194. The van der Waals surface area contributed by atoms with Crippen LogP contribution in [0.1, 0.15) is 6.92 Å². The van der Waals surface area contributed by atoms with Crippen LogP contribution < -0.4 is 0 Å². The molecule has 0 N–H and O–H groups in total. The lowest BCUT2D eigenvalue weighted by molar-refractivity contribution is -0.107. The summed E-state index contributed by atoms with van der Waals surface area (Å²) in [6.45, 7) is 5.32. The van der Waals surface area contributed by atoms with Gasteiger partial charge in [0, 0.05) is 0 Å². The first-order valence-electron chi connectivity index (χ1n) is 4.40. The van der Waals surface area contributed by atoms with Crippen molar-refractivity contribution >= 4 is 38.4 Å². The summed E-state index contributed by atoms with van der Waals surface area (Å²) in [5.41, 5.74) is 1.50. The van der Waals surface area contributed by atoms with Crippen molar-refractivity contribution in [2.75, 3.05) is 0 Å². The number of thioether (sulfide) groups is 1. The molecule has 76 valence electrons. The van der Waals surface area contributed by atoms with E-state index in [4.69, 9.17) is 0 Å². The number of hydrogen-bond acceptors (Lipinski definition) is 4. The fourth-order valence-corrected chi connectivity index (χ4v) is 2.90. The number of thiazole rings is 1. The molecule has 1 aromatic heterocycles. The molecule has 15 heavy (non-hydrogen) atoms. The molecular weight excluding hydrogens is 226 g/mol. The molecule has 1 aromatic carbocycles. The van der Waals surface area contributed by atoms with Crippen molar-refractivity contribution in [1.29, 1.82) is 0 Å². The zero-order valence-electron chi connectivity index (χ0n) is 8.19. The van der Waals surface area contributed by atoms with E-state index in [9.17, 15) is 4.79 Å². The van der Waals surface area contributed by atoms with Crippen LogP contribution in [0.15, 0.2) is 40.8 Å². The van der Waals surface area contributed by atoms with Gasteiger partial charge in [0.2, 0.25) is 5.12 Å². The highest BCUT2D eigenvalue weighted by molar-refractivity contribution is 8.15. The van der Waals surface area contributed by atoms with E-state index in [1.165, 1.54) is 11.3 Å². The number of para-hydroxylation sites is 1. The molecule has 0 spiro atoms. The normalized spacial score (nSPS) is 10.5. The van der Waals surface area contributed by atoms with Gasteiger partial charge in [-0.2, -0.15) is 0 Å². The molecule has 0 aliphatic rings. The van der Waals surface area contributed by atoms with Gasteiger partial charge in [0.05, 0.1) is 10.2 Å². The van der Waals surface area contributed by atoms with Crippen molar-refractivity contribution in [2.45, 2.75) is 11.3 Å². The molecule has 2 rings (SSSR count). The molecule has 2 aromatic rings. The van der Waals surface area contributed by atoms with E-state index in [0.29, 0.717) is 5.57 Å². The summed E-state index contributed by atoms with van der Waals surface area (Å²) >= 11 is 2.68. The Morgan fingerprint density at radius 3 is 2.87 bits per heavy atom. The van der Waals surface area contributed by atoms with Crippen molar-refractivity contribution in [3.05, 3.63) is 36.4 Å². The van der Waals surface area contributed by atoms with Gasteiger partial charge in [0.25, 0.3) is 0 Å². The SMILES string of the molecule is C=C(C)C(=O)Sc1nc2ccccc2s1. The van der Waals surface area contributed by atoms with Crippen LogP contribution in [0.4, 0.5) is 0 Å². The third-order valence-corrected chi connectivity index (χ3v) is 3.93. The van der Waals surface area contributed by atoms with Gasteiger partial charge in [0.1, 0.15) is 0 Å². The van der Waals surface area contributed by atoms with E-state index >= 15 is 0 Å². The fraction of sp³-hybridized carbons (Fsp3) is 0.0909. The average Bonchev–Trinajstić information content (AvgIpc) is 2.59. The summed E-state index contributed by atoms with van der Waals surface area (Å²) in [4.78, 5) is 15.8. The van der Waals surface area contributed by atoms with Gasteiger partial charge in [-0.3, -0.25) is 4.79 Å². The topological polar surface area (TPSA) is 30.0 Å². The van der Waals surface area contributed by atoms with Crippen LogP contribution in [0.25, 0.3) is 10.2 Å². The molecule has 0 aliphatic heterocycles. The molecule has 0 bridgehead atoms. The second kappa shape index (κ2) is 4.16. The minimum Gasteiger partial charge on any atom is -0.282 e. The second-order valence-electron chi connectivity index (χ2n) is 3.12. The Hall–Kier alpha value is -1.13. The van der Waals surface area contributed by atoms with Crippen LogP contribution in [0.5, 0.6) is 0 Å². The Balaban J connectivity index is 2.30. The van der Waals surface area contributed by atoms with Gasteiger partial charge >= 0.3 is 0 Å². The fourth-order valence-electron chi connectivity index (χ4n) is 1.06. The zero-order valence-corrected chi connectivity index (χ0v) is 9.82. The standard InChI is InChI=1S/C11H9NOS2/c1-7(2)10(13)15-11-12-8-5-3-4-6-9(8)14-11/h3-6H,1H2,2H3. The molecule has 0 radical (unpaired) electrons. The smallest absolute Gasteiger partial charge is 0.221 e. The highest BCUT2D eigenvalue weighted by Crippen LogP contribution is 2.30. The maximum Gasteiger partial charge on any atom is 0.221 e. The van der Waals surface area contributed by atoms with Gasteiger partial charge in [-0.05, 0) is 36.4 Å². The highest BCUT2D eigenvalue weighted by atomic mass is 32.2. The molecule has 1 heterocycles. The molecule has 2 nitrogen and oxygen atoms in total. The summed E-state index contributed by atoms with van der Waals surface area (Å²) < 4.78 is 1.89. The van der Waals surface area contributed by atoms with Crippen molar-refractivity contribution in [1.82, 2.24) is 4.98 Å². The Kier molecular flexibility index (Phi) is 2.88. The summed E-state index contributed by atoms with van der Waals surface area (Å²) in [5, 5.41) is -0.0194. The molecule has 0 unspecified atom stereocenters. The summed E-state index contributed by atoms with van der Waals surface area (Å²) in [6, 6.07) is 7.86. The van der Waals surface area contributed by atoms with Crippen molar-refractivity contribution in [3.63, 3.8) is 0 Å². The maximum atomic E-state index is 11.4. The molecular formula is C11H9NOS2. The molecule has 0 amide bonds. The maximum absolute atomic E-state index is 11.4. The number of rotatable bonds is 2. The van der Waals surface area contributed by atoms with Gasteiger partial charge in [-0.25, -0.2) is 4.98 Å². The van der Waals surface area contributed by atoms with Crippen LogP contribution in [0.2, 0.25) is 0 Å². The number of carbonyl (C=O) groups excluding carboxylic acids is 1.